The second-order valence-corrected chi connectivity index (χ2v) is 15.0. The van der Waals surface area contributed by atoms with Gasteiger partial charge in [-0.2, -0.15) is 0 Å². The van der Waals surface area contributed by atoms with E-state index >= 15 is 0 Å². The number of ketones is 3. The molecule has 8 nitrogen and oxygen atoms in total. The molecular weight excluding hydrogens is 556 g/mol. The highest BCUT2D eigenvalue weighted by atomic mass is 16.6. The number of alkyl carbamates (subject to hydrolysis) is 1. The van der Waals surface area contributed by atoms with Crippen LogP contribution in [0.4, 0.5) is 4.79 Å². The first kappa shape index (κ1) is 31.0. The van der Waals surface area contributed by atoms with Crippen LogP contribution in [0.25, 0.3) is 0 Å². The van der Waals surface area contributed by atoms with Crippen LogP contribution >= 0.6 is 0 Å². The molecule has 0 bridgehead atoms. The quantitative estimate of drug-likeness (QED) is 0.333. The van der Waals surface area contributed by atoms with Gasteiger partial charge in [-0.05, 0) is 84.7 Å². The third-order valence-corrected chi connectivity index (χ3v) is 11.7. The number of likely N-dealkylation sites (tertiary alicyclic amines) is 1. The van der Waals surface area contributed by atoms with Gasteiger partial charge in [0, 0.05) is 25.3 Å². The fraction of sp³-hybridized carbons (Fsp3) is 0.694. The molecule has 4 fully saturated rings. The van der Waals surface area contributed by atoms with Gasteiger partial charge in [-0.25, -0.2) is 4.79 Å². The zero-order valence-electron chi connectivity index (χ0n) is 26.7. The lowest BCUT2D eigenvalue weighted by molar-refractivity contribution is -0.144. The van der Waals surface area contributed by atoms with E-state index in [4.69, 9.17) is 4.74 Å². The number of Topliss-reactive ketones (excluding diaryl/α,β-unsaturated/α-hetero) is 3. The van der Waals surface area contributed by atoms with Crippen LogP contribution in [0.5, 0.6) is 0 Å². The second kappa shape index (κ2) is 12.1. The number of carbonyl (C=O) groups is 5. The van der Waals surface area contributed by atoms with Gasteiger partial charge in [0.05, 0.1) is 6.04 Å². The van der Waals surface area contributed by atoms with Gasteiger partial charge in [0.1, 0.15) is 12.1 Å². The predicted molar refractivity (Wildman–Crippen MR) is 165 cm³/mol. The first-order valence-corrected chi connectivity index (χ1v) is 16.9. The van der Waals surface area contributed by atoms with Crippen LogP contribution in [0.1, 0.15) is 90.2 Å². The normalized spacial score (nSPS) is 29.8. The molecule has 0 radical (unpaired) electrons. The van der Waals surface area contributed by atoms with Gasteiger partial charge in [-0.3, -0.25) is 19.2 Å². The minimum Gasteiger partial charge on any atom is -0.446 e. The molecule has 1 heterocycles. The number of hydrogen-bond donors (Lipinski definition) is 1. The summed E-state index contributed by atoms with van der Waals surface area (Å²) < 4.78 is 5.84. The first-order chi connectivity index (χ1) is 21.0. The summed E-state index contributed by atoms with van der Waals surface area (Å²) in [6.45, 7) is 8.50. The van der Waals surface area contributed by atoms with Crippen LogP contribution in [0.3, 0.4) is 0 Å². The van der Waals surface area contributed by atoms with E-state index < -0.39 is 35.7 Å². The Balaban J connectivity index is 1.23. The van der Waals surface area contributed by atoms with E-state index in [1.54, 1.807) is 11.8 Å². The van der Waals surface area contributed by atoms with Gasteiger partial charge < -0.3 is 15.0 Å². The molecule has 44 heavy (non-hydrogen) atoms. The Morgan fingerprint density at radius 2 is 1.70 bits per heavy atom. The average molecular weight is 605 g/mol. The maximum absolute atomic E-state index is 14.6. The summed E-state index contributed by atoms with van der Waals surface area (Å²) in [4.78, 5) is 69.2. The maximum atomic E-state index is 14.6. The second-order valence-electron chi connectivity index (χ2n) is 15.0. The van der Waals surface area contributed by atoms with Crippen molar-refractivity contribution in [3.63, 3.8) is 0 Å². The summed E-state index contributed by atoms with van der Waals surface area (Å²) in [5.74, 6) is -1.15. The van der Waals surface area contributed by atoms with Gasteiger partial charge in [-0.1, -0.05) is 64.8 Å². The maximum Gasteiger partial charge on any atom is 0.408 e. The third-order valence-electron chi connectivity index (χ3n) is 11.7. The molecule has 1 aromatic rings. The number of fused-ring (bicyclic) bond motifs is 2. The summed E-state index contributed by atoms with van der Waals surface area (Å²) in [5.41, 5.74) is 2.26. The topological polar surface area (TPSA) is 110 Å². The van der Waals surface area contributed by atoms with Crippen LogP contribution < -0.4 is 5.32 Å². The molecule has 0 aromatic heterocycles. The number of piperidine rings is 1. The highest BCUT2D eigenvalue weighted by molar-refractivity contribution is 6.38. The number of amides is 2. The van der Waals surface area contributed by atoms with Crippen molar-refractivity contribution in [3.05, 3.63) is 35.4 Å². The van der Waals surface area contributed by atoms with Gasteiger partial charge in [-0.15, -0.1) is 0 Å². The lowest BCUT2D eigenvalue weighted by Crippen LogP contribution is -2.57. The number of nitrogens with one attached hydrogen (secondary N) is 1. The summed E-state index contributed by atoms with van der Waals surface area (Å²) in [5, 5.41) is 2.98. The van der Waals surface area contributed by atoms with Gasteiger partial charge in [0.2, 0.25) is 11.7 Å². The Kier molecular flexibility index (Phi) is 8.48. The summed E-state index contributed by atoms with van der Waals surface area (Å²) >= 11 is 0. The molecule has 8 heteroatoms. The Labute approximate surface area is 261 Å². The largest absolute Gasteiger partial charge is 0.446 e. The molecule has 4 aliphatic carbocycles. The molecule has 1 aromatic carbocycles. The number of hydrogen-bond acceptors (Lipinski definition) is 6. The van der Waals surface area contributed by atoms with E-state index in [1.165, 1.54) is 11.1 Å². The molecule has 1 saturated heterocycles. The molecule has 238 valence electrons. The summed E-state index contributed by atoms with van der Waals surface area (Å²) in [6, 6.07) is 6.65. The van der Waals surface area contributed by atoms with Crippen LogP contribution in [-0.2, 0) is 36.8 Å². The van der Waals surface area contributed by atoms with Crippen molar-refractivity contribution in [3.8, 4) is 0 Å². The molecular formula is C36H48N2O6. The zero-order valence-corrected chi connectivity index (χ0v) is 26.7. The molecule has 5 aliphatic rings. The molecule has 2 amide bonds. The predicted octanol–water partition coefficient (Wildman–Crippen LogP) is 5.09. The van der Waals surface area contributed by atoms with E-state index in [1.807, 2.05) is 12.1 Å². The Bertz CT molecular complexity index is 1310. The number of rotatable bonds is 12. The fourth-order valence-corrected chi connectivity index (χ4v) is 8.66. The van der Waals surface area contributed by atoms with Gasteiger partial charge in [0.25, 0.3) is 0 Å². The fourth-order valence-electron chi connectivity index (χ4n) is 8.66. The summed E-state index contributed by atoms with van der Waals surface area (Å²) in [6.07, 6.45) is 6.18. The molecule has 7 atom stereocenters. The molecule has 2 unspecified atom stereocenters. The van der Waals surface area contributed by atoms with E-state index in [0.29, 0.717) is 31.7 Å². The minimum absolute atomic E-state index is 0.00483. The van der Waals surface area contributed by atoms with Crippen molar-refractivity contribution in [2.75, 3.05) is 6.54 Å². The third kappa shape index (κ3) is 5.97. The number of benzene rings is 1. The van der Waals surface area contributed by atoms with Gasteiger partial charge >= 0.3 is 6.09 Å². The molecule has 0 spiro atoms. The van der Waals surface area contributed by atoms with Crippen molar-refractivity contribution < 1.29 is 28.7 Å². The van der Waals surface area contributed by atoms with Crippen molar-refractivity contribution >= 4 is 29.4 Å². The first-order valence-electron chi connectivity index (χ1n) is 16.9. The van der Waals surface area contributed by atoms with Crippen molar-refractivity contribution in [2.24, 2.45) is 40.9 Å². The standard InChI is InChI=1S/C36H48N2O6/c1-5-27(39)33(41)25(15-21-13-14-21)18-28(40)32-30-26(36(30,3)4)19-38(32)34(42)31(24-16-22-10-6-7-11-23(22)17-24)37-35(43)44-29-12-8-9-20(29)2/h6-7,10-11,20-21,24-26,29-32H,5,8-9,12-19H2,1-4H3,(H,37,43)/t20-,25?,26?,29-,30-,31-,32+/m0/s1. The van der Waals surface area contributed by atoms with E-state index in [9.17, 15) is 24.0 Å². The molecule has 1 N–H and O–H groups in total. The SMILES string of the molecule is CCC(=O)C(=O)C(CC(=O)[C@@H]1[C@@H]2C(CN1C(=O)[C@@H](NC(=O)O[C@H]1CCC[C@@H]1C)C1Cc3ccccc3C1)C2(C)C)CC1CC1. The van der Waals surface area contributed by atoms with Crippen molar-refractivity contribution in [1.29, 1.82) is 0 Å². The highest BCUT2D eigenvalue weighted by Crippen LogP contribution is 2.65. The van der Waals surface area contributed by atoms with E-state index in [-0.39, 0.29) is 59.7 Å². The van der Waals surface area contributed by atoms with Crippen LogP contribution in [0.15, 0.2) is 24.3 Å². The molecule has 3 saturated carbocycles. The monoisotopic (exact) mass is 604 g/mol. The number of ether oxygens (including phenoxy) is 1. The van der Waals surface area contributed by atoms with Crippen LogP contribution in [-0.4, -0.2) is 59.0 Å². The smallest absolute Gasteiger partial charge is 0.408 e. The lowest BCUT2D eigenvalue weighted by atomic mass is 9.85. The molecule has 1 aliphatic heterocycles. The van der Waals surface area contributed by atoms with E-state index in [0.717, 1.165) is 32.1 Å². The number of carbonyl (C=O) groups excluding carboxylic acids is 5. The van der Waals surface area contributed by atoms with Gasteiger partial charge in [0.15, 0.2) is 11.6 Å². The average Bonchev–Trinajstić information content (AvgIpc) is 3.63. The van der Waals surface area contributed by atoms with Crippen molar-refractivity contribution in [1.82, 2.24) is 10.2 Å². The number of nitrogens with zero attached hydrogens (tertiary/aromatic N) is 1. The minimum atomic E-state index is -0.826. The van der Waals surface area contributed by atoms with Crippen molar-refractivity contribution in [2.45, 2.75) is 110 Å². The zero-order chi connectivity index (χ0) is 31.3. The Morgan fingerprint density at radius 1 is 1.02 bits per heavy atom. The Hall–Kier alpha value is -3.03. The lowest BCUT2D eigenvalue weighted by Gasteiger charge is -2.35. The summed E-state index contributed by atoms with van der Waals surface area (Å²) in [7, 11) is 0. The molecule has 6 rings (SSSR count). The van der Waals surface area contributed by atoms with Crippen LogP contribution in [0, 0.1) is 40.9 Å². The highest BCUT2D eigenvalue weighted by Gasteiger charge is 2.69. The Morgan fingerprint density at radius 3 is 2.30 bits per heavy atom. The van der Waals surface area contributed by atoms with Crippen LogP contribution in [0.2, 0.25) is 0 Å². The van der Waals surface area contributed by atoms with E-state index in [2.05, 4.69) is 38.2 Å².